The highest BCUT2D eigenvalue weighted by atomic mass is 16.5. The molecule has 0 aromatic carbocycles. The molecule has 1 fully saturated rings. The van der Waals surface area contributed by atoms with E-state index in [0.717, 1.165) is 12.2 Å². The molecule has 1 aromatic heterocycles. The van der Waals surface area contributed by atoms with Gasteiger partial charge in [0, 0.05) is 12.1 Å². The van der Waals surface area contributed by atoms with Gasteiger partial charge < -0.3 is 10.1 Å². The summed E-state index contributed by atoms with van der Waals surface area (Å²) in [6.07, 6.45) is 3.75. The van der Waals surface area contributed by atoms with Crippen molar-refractivity contribution in [2.24, 2.45) is 0 Å². The van der Waals surface area contributed by atoms with Crippen molar-refractivity contribution in [3.05, 3.63) is 23.9 Å². The number of pyridine rings is 1. The zero-order chi connectivity index (χ0) is 9.80. The standard InChI is InChI=1S/C11H16N2O/c1-14-11-7-4-6-10(13-11)9-5-2-3-8-12-9/h4,6-7,9,12H,2-3,5,8H2,1H3. The first-order valence-corrected chi connectivity index (χ1v) is 5.14. The molecule has 76 valence electrons. The van der Waals surface area contributed by atoms with Crippen molar-refractivity contribution in [3.63, 3.8) is 0 Å². The third kappa shape index (κ3) is 2.04. The van der Waals surface area contributed by atoms with Crippen molar-refractivity contribution >= 4 is 0 Å². The van der Waals surface area contributed by atoms with E-state index in [-0.39, 0.29) is 0 Å². The molecule has 1 saturated heterocycles. The van der Waals surface area contributed by atoms with Gasteiger partial charge in [0.15, 0.2) is 0 Å². The van der Waals surface area contributed by atoms with E-state index in [1.807, 2.05) is 12.1 Å². The first-order valence-electron chi connectivity index (χ1n) is 5.14. The van der Waals surface area contributed by atoms with Gasteiger partial charge in [0.25, 0.3) is 0 Å². The molecule has 0 radical (unpaired) electrons. The fourth-order valence-electron chi connectivity index (χ4n) is 1.84. The smallest absolute Gasteiger partial charge is 0.213 e. The third-order valence-electron chi connectivity index (χ3n) is 2.62. The van der Waals surface area contributed by atoms with Crippen molar-refractivity contribution in [3.8, 4) is 5.88 Å². The van der Waals surface area contributed by atoms with Crippen LogP contribution in [0.2, 0.25) is 0 Å². The van der Waals surface area contributed by atoms with Crippen molar-refractivity contribution < 1.29 is 4.74 Å². The molecule has 0 bridgehead atoms. The number of ether oxygens (including phenoxy) is 1. The van der Waals surface area contributed by atoms with Crippen molar-refractivity contribution in [1.82, 2.24) is 10.3 Å². The Bertz CT molecular complexity index is 295. The molecule has 1 aliphatic heterocycles. The van der Waals surface area contributed by atoms with Gasteiger partial charge in [-0.05, 0) is 25.5 Å². The Morgan fingerprint density at radius 2 is 2.36 bits per heavy atom. The van der Waals surface area contributed by atoms with Crippen LogP contribution in [0.1, 0.15) is 31.0 Å². The largest absolute Gasteiger partial charge is 0.481 e. The second-order valence-corrected chi connectivity index (χ2v) is 3.61. The minimum atomic E-state index is 0.416. The summed E-state index contributed by atoms with van der Waals surface area (Å²) in [6, 6.07) is 6.36. The Hall–Kier alpha value is -1.09. The summed E-state index contributed by atoms with van der Waals surface area (Å²) in [5.74, 6) is 0.704. The first-order chi connectivity index (χ1) is 6.90. The second kappa shape index (κ2) is 4.42. The number of nitrogens with one attached hydrogen (secondary N) is 1. The maximum atomic E-state index is 5.11. The van der Waals surface area contributed by atoms with Crippen molar-refractivity contribution in [1.29, 1.82) is 0 Å². The summed E-state index contributed by atoms with van der Waals surface area (Å²) in [6.45, 7) is 1.10. The first kappa shape index (κ1) is 9.46. The quantitative estimate of drug-likeness (QED) is 0.777. The van der Waals surface area contributed by atoms with Gasteiger partial charge in [-0.15, -0.1) is 0 Å². The van der Waals surface area contributed by atoms with Gasteiger partial charge in [-0.1, -0.05) is 12.5 Å². The lowest BCUT2D eigenvalue weighted by atomic mass is 10.0. The number of hydrogen-bond donors (Lipinski definition) is 1. The van der Waals surface area contributed by atoms with Crippen molar-refractivity contribution in [2.75, 3.05) is 13.7 Å². The van der Waals surface area contributed by atoms with Crippen LogP contribution in [0, 0.1) is 0 Å². The molecule has 0 aliphatic carbocycles. The number of aromatic nitrogens is 1. The average Bonchev–Trinajstić information content (AvgIpc) is 2.30. The van der Waals surface area contributed by atoms with E-state index in [2.05, 4.69) is 16.4 Å². The summed E-state index contributed by atoms with van der Waals surface area (Å²) >= 11 is 0. The second-order valence-electron chi connectivity index (χ2n) is 3.61. The van der Waals surface area contributed by atoms with Gasteiger partial charge in [-0.25, -0.2) is 4.98 Å². The molecule has 14 heavy (non-hydrogen) atoms. The molecule has 3 nitrogen and oxygen atoms in total. The van der Waals surface area contributed by atoms with Crippen LogP contribution in [0.3, 0.4) is 0 Å². The molecule has 1 N–H and O–H groups in total. The molecule has 2 rings (SSSR count). The van der Waals surface area contributed by atoms with Crippen LogP contribution in [0.15, 0.2) is 18.2 Å². The predicted octanol–water partition coefficient (Wildman–Crippen LogP) is 1.90. The number of rotatable bonds is 2. The SMILES string of the molecule is COc1cccc(C2CCCCN2)n1. The highest BCUT2D eigenvalue weighted by molar-refractivity contribution is 5.18. The molecule has 0 spiro atoms. The lowest BCUT2D eigenvalue weighted by Gasteiger charge is -2.22. The Morgan fingerprint density at radius 1 is 1.43 bits per heavy atom. The van der Waals surface area contributed by atoms with Crippen LogP contribution in [0.25, 0.3) is 0 Å². The number of methoxy groups -OCH3 is 1. The zero-order valence-electron chi connectivity index (χ0n) is 8.49. The molecule has 0 saturated carbocycles. The van der Waals surface area contributed by atoms with Crippen LogP contribution < -0.4 is 10.1 Å². The highest BCUT2D eigenvalue weighted by Crippen LogP contribution is 2.22. The van der Waals surface area contributed by atoms with Crippen LogP contribution >= 0.6 is 0 Å². The highest BCUT2D eigenvalue weighted by Gasteiger charge is 2.15. The van der Waals surface area contributed by atoms with Gasteiger partial charge in [0.2, 0.25) is 5.88 Å². The van der Waals surface area contributed by atoms with Crippen LogP contribution in [-0.4, -0.2) is 18.6 Å². The lowest BCUT2D eigenvalue weighted by Crippen LogP contribution is -2.27. The fraction of sp³-hybridized carbons (Fsp3) is 0.545. The van der Waals surface area contributed by atoms with Crippen LogP contribution in [0.4, 0.5) is 0 Å². The van der Waals surface area contributed by atoms with Gasteiger partial charge in [-0.3, -0.25) is 0 Å². The summed E-state index contributed by atoms with van der Waals surface area (Å²) in [4.78, 5) is 4.43. The molecule has 3 heteroatoms. The van der Waals surface area contributed by atoms with E-state index < -0.39 is 0 Å². The van der Waals surface area contributed by atoms with E-state index in [4.69, 9.17) is 4.74 Å². The number of nitrogens with zero attached hydrogens (tertiary/aromatic N) is 1. The molecule has 2 heterocycles. The average molecular weight is 192 g/mol. The van der Waals surface area contributed by atoms with Crippen LogP contribution in [-0.2, 0) is 0 Å². The normalized spacial score (nSPS) is 21.9. The van der Waals surface area contributed by atoms with E-state index in [1.54, 1.807) is 7.11 Å². The van der Waals surface area contributed by atoms with Crippen LogP contribution in [0.5, 0.6) is 5.88 Å². The summed E-state index contributed by atoms with van der Waals surface area (Å²) in [5.41, 5.74) is 1.10. The van der Waals surface area contributed by atoms with E-state index in [0.29, 0.717) is 11.9 Å². The molecule has 1 aromatic rings. The molecular formula is C11H16N2O. The number of piperidine rings is 1. The molecule has 0 amide bonds. The van der Waals surface area contributed by atoms with Crippen molar-refractivity contribution in [2.45, 2.75) is 25.3 Å². The topological polar surface area (TPSA) is 34.1 Å². The third-order valence-corrected chi connectivity index (χ3v) is 2.62. The Labute approximate surface area is 84.5 Å². The van der Waals surface area contributed by atoms with Gasteiger partial charge in [0.1, 0.15) is 0 Å². The zero-order valence-corrected chi connectivity index (χ0v) is 8.49. The van der Waals surface area contributed by atoms with E-state index >= 15 is 0 Å². The van der Waals surface area contributed by atoms with Gasteiger partial charge >= 0.3 is 0 Å². The lowest BCUT2D eigenvalue weighted by molar-refractivity contribution is 0.378. The molecular weight excluding hydrogens is 176 g/mol. The Morgan fingerprint density at radius 3 is 3.07 bits per heavy atom. The molecule has 1 aliphatic rings. The minimum Gasteiger partial charge on any atom is -0.481 e. The maximum Gasteiger partial charge on any atom is 0.213 e. The Kier molecular flexibility index (Phi) is 2.99. The summed E-state index contributed by atoms with van der Waals surface area (Å²) < 4.78 is 5.11. The van der Waals surface area contributed by atoms with Gasteiger partial charge in [-0.2, -0.15) is 0 Å². The van der Waals surface area contributed by atoms with E-state index in [1.165, 1.54) is 19.3 Å². The monoisotopic (exact) mass is 192 g/mol. The Balaban J connectivity index is 2.13. The van der Waals surface area contributed by atoms with E-state index in [9.17, 15) is 0 Å². The fourth-order valence-corrected chi connectivity index (χ4v) is 1.84. The summed E-state index contributed by atoms with van der Waals surface area (Å²) in [7, 11) is 1.65. The summed E-state index contributed by atoms with van der Waals surface area (Å²) in [5, 5.41) is 3.47. The predicted molar refractivity (Wildman–Crippen MR) is 55.4 cm³/mol. The number of hydrogen-bond acceptors (Lipinski definition) is 3. The maximum absolute atomic E-state index is 5.11. The molecule has 1 unspecified atom stereocenters. The van der Waals surface area contributed by atoms with Gasteiger partial charge in [0.05, 0.1) is 12.8 Å². The molecule has 1 atom stereocenters. The minimum absolute atomic E-state index is 0.416.